The highest BCUT2D eigenvalue weighted by Gasteiger charge is 2.11. The van der Waals surface area contributed by atoms with Crippen molar-refractivity contribution in [2.75, 3.05) is 32.1 Å². The Morgan fingerprint density at radius 1 is 1.23 bits per heavy atom. The molecule has 0 fully saturated rings. The van der Waals surface area contributed by atoms with Crippen molar-refractivity contribution in [2.45, 2.75) is 34.1 Å². The number of methoxy groups -OCH3 is 1. The summed E-state index contributed by atoms with van der Waals surface area (Å²) < 4.78 is 5.37. The van der Waals surface area contributed by atoms with Crippen molar-refractivity contribution in [3.05, 3.63) is 23.4 Å². The van der Waals surface area contributed by atoms with Crippen molar-refractivity contribution < 1.29 is 9.53 Å². The molecule has 0 aliphatic rings. The molecule has 26 heavy (non-hydrogen) atoms. The summed E-state index contributed by atoms with van der Waals surface area (Å²) in [6.07, 6.45) is 0.665. The van der Waals surface area contributed by atoms with E-state index in [1.54, 1.807) is 13.2 Å². The summed E-state index contributed by atoms with van der Waals surface area (Å²) in [6.45, 7) is 11.0. The van der Waals surface area contributed by atoms with Gasteiger partial charge in [-0.3, -0.25) is 4.79 Å². The van der Waals surface area contributed by atoms with Gasteiger partial charge in [-0.25, -0.2) is 0 Å². The number of ether oxygens (including phenoxy) is 1. The zero-order chi connectivity index (χ0) is 19.1. The van der Waals surface area contributed by atoms with Gasteiger partial charge in [0.25, 0.3) is 5.91 Å². The zero-order valence-corrected chi connectivity index (χ0v) is 16.1. The molecule has 0 aliphatic heterocycles. The number of aromatic nitrogens is 2. The molecule has 0 saturated heterocycles. The first-order valence-corrected chi connectivity index (χ1v) is 8.83. The average Bonchev–Trinajstić information content (AvgIpc) is 2.65. The first kappa shape index (κ1) is 19.7. The van der Waals surface area contributed by atoms with Crippen molar-refractivity contribution >= 4 is 22.5 Å². The lowest BCUT2D eigenvalue weighted by Crippen LogP contribution is -2.23. The predicted molar refractivity (Wildman–Crippen MR) is 104 cm³/mol. The van der Waals surface area contributed by atoms with Gasteiger partial charge in [-0.1, -0.05) is 19.8 Å². The second-order valence-electron chi connectivity index (χ2n) is 6.01. The molecule has 1 aromatic carbocycles. The van der Waals surface area contributed by atoms with Gasteiger partial charge >= 0.3 is 0 Å². The highest BCUT2D eigenvalue weighted by Crippen LogP contribution is 2.31. The maximum Gasteiger partial charge on any atom is 0.300 e. The van der Waals surface area contributed by atoms with Crippen LogP contribution in [0.5, 0.6) is 5.75 Å². The van der Waals surface area contributed by atoms with Crippen LogP contribution in [0, 0.1) is 25.7 Å². The minimum absolute atomic E-state index is 0.349. The van der Waals surface area contributed by atoms with Crippen LogP contribution < -0.4 is 10.1 Å². The van der Waals surface area contributed by atoms with Gasteiger partial charge in [-0.15, -0.1) is 0 Å². The first-order valence-electron chi connectivity index (χ1n) is 8.83. The molecule has 0 aliphatic carbocycles. The Bertz CT molecular complexity index is 848. The minimum atomic E-state index is -0.349. The molecule has 0 atom stereocenters. The second-order valence-corrected chi connectivity index (χ2v) is 6.01. The van der Waals surface area contributed by atoms with E-state index < -0.39 is 0 Å². The number of rotatable bonds is 6. The van der Waals surface area contributed by atoms with Gasteiger partial charge in [0.1, 0.15) is 5.75 Å². The van der Waals surface area contributed by atoms with Crippen LogP contribution in [0.15, 0.2) is 12.1 Å². The van der Waals surface area contributed by atoms with E-state index in [1.165, 1.54) is 0 Å². The number of amides is 1. The van der Waals surface area contributed by atoms with Gasteiger partial charge in [-0.05, 0) is 44.5 Å². The summed E-state index contributed by atoms with van der Waals surface area (Å²) in [4.78, 5) is 14.4. The Balaban J connectivity index is 2.16. The number of anilines is 1. The van der Waals surface area contributed by atoms with Gasteiger partial charge in [0.05, 0.1) is 24.0 Å². The Morgan fingerprint density at radius 3 is 2.62 bits per heavy atom. The van der Waals surface area contributed by atoms with E-state index in [9.17, 15) is 4.79 Å². The van der Waals surface area contributed by atoms with E-state index in [-0.39, 0.29) is 5.91 Å². The van der Waals surface area contributed by atoms with Crippen LogP contribution in [0.1, 0.15) is 31.5 Å². The molecule has 138 valence electrons. The number of carbonyl (C=O) groups is 1. The normalized spacial score (nSPS) is 10.5. The number of hydrogen-bond acceptors (Lipinski definition) is 5. The summed E-state index contributed by atoms with van der Waals surface area (Å²) in [5.74, 6) is 5.77. The fourth-order valence-corrected chi connectivity index (χ4v) is 2.67. The van der Waals surface area contributed by atoms with Crippen LogP contribution in [0.4, 0.5) is 5.69 Å². The molecule has 1 N–H and O–H groups in total. The molecule has 6 heteroatoms. The van der Waals surface area contributed by atoms with E-state index in [2.05, 4.69) is 46.1 Å². The summed E-state index contributed by atoms with van der Waals surface area (Å²) in [5.41, 5.74) is 3.20. The van der Waals surface area contributed by atoms with Gasteiger partial charge in [-0.2, -0.15) is 10.2 Å². The third kappa shape index (κ3) is 4.70. The van der Waals surface area contributed by atoms with Gasteiger partial charge in [0.2, 0.25) is 0 Å². The highest BCUT2D eigenvalue weighted by molar-refractivity contribution is 6.06. The SMILES string of the molecule is CCN(CC)CCC#CC(=O)Nc1cc2c(C)c(C)nnc2cc1OC. The van der Waals surface area contributed by atoms with Crippen molar-refractivity contribution in [3.8, 4) is 17.6 Å². The molecule has 0 bridgehead atoms. The molecule has 0 unspecified atom stereocenters. The average molecular weight is 354 g/mol. The van der Waals surface area contributed by atoms with Gasteiger partial charge in [0.15, 0.2) is 0 Å². The Hall–Kier alpha value is -2.65. The fraction of sp³-hybridized carbons (Fsp3) is 0.450. The molecule has 1 heterocycles. The van der Waals surface area contributed by atoms with Crippen LogP contribution >= 0.6 is 0 Å². The molecule has 6 nitrogen and oxygen atoms in total. The fourth-order valence-electron chi connectivity index (χ4n) is 2.67. The molecule has 2 aromatic rings. The molecular formula is C20H26N4O2. The monoisotopic (exact) mass is 354 g/mol. The van der Waals surface area contributed by atoms with E-state index in [1.807, 2.05) is 19.9 Å². The first-order chi connectivity index (χ1) is 12.5. The summed E-state index contributed by atoms with van der Waals surface area (Å²) >= 11 is 0. The van der Waals surface area contributed by atoms with Crippen LogP contribution in [-0.2, 0) is 4.79 Å². The third-order valence-electron chi connectivity index (χ3n) is 4.47. The zero-order valence-electron chi connectivity index (χ0n) is 16.1. The lowest BCUT2D eigenvalue weighted by molar-refractivity contribution is -0.111. The van der Waals surface area contributed by atoms with E-state index in [0.29, 0.717) is 17.9 Å². The summed E-state index contributed by atoms with van der Waals surface area (Å²) in [5, 5.41) is 12.1. The van der Waals surface area contributed by atoms with Crippen molar-refractivity contribution in [1.29, 1.82) is 0 Å². The summed E-state index contributed by atoms with van der Waals surface area (Å²) in [6, 6.07) is 3.64. The highest BCUT2D eigenvalue weighted by atomic mass is 16.5. The number of fused-ring (bicyclic) bond motifs is 1. The summed E-state index contributed by atoms with van der Waals surface area (Å²) in [7, 11) is 1.56. The third-order valence-corrected chi connectivity index (χ3v) is 4.47. The molecule has 1 amide bonds. The molecular weight excluding hydrogens is 328 g/mol. The lowest BCUT2D eigenvalue weighted by atomic mass is 10.1. The lowest BCUT2D eigenvalue weighted by Gasteiger charge is -2.15. The van der Waals surface area contributed by atoms with Gasteiger partial charge < -0.3 is 15.0 Å². The van der Waals surface area contributed by atoms with E-state index >= 15 is 0 Å². The Kier molecular flexibility index (Phi) is 6.93. The number of hydrogen-bond donors (Lipinski definition) is 1. The molecule has 1 aromatic heterocycles. The van der Waals surface area contributed by atoms with Gasteiger partial charge in [0, 0.05) is 24.4 Å². The number of aryl methyl sites for hydroxylation is 2. The number of nitrogens with zero attached hydrogens (tertiary/aromatic N) is 3. The Labute approximate surface area is 154 Å². The van der Waals surface area contributed by atoms with E-state index in [0.717, 1.165) is 41.8 Å². The van der Waals surface area contributed by atoms with Crippen LogP contribution in [0.25, 0.3) is 10.9 Å². The van der Waals surface area contributed by atoms with Crippen molar-refractivity contribution in [3.63, 3.8) is 0 Å². The largest absolute Gasteiger partial charge is 0.494 e. The smallest absolute Gasteiger partial charge is 0.300 e. The number of nitrogens with one attached hydrogen (secondary N) is 1. The van der Waals surface area contributed by atoms with Crippen molar-refractivity contribution in [1.82, 2.24) is 15.1 Å². The molecule has 0 spiro atoms. The maximum atomic E-state index is 12.2. The predicted octanol–water partition coefficient (Wildman–Crippen LogP) is 2.93. The van der Waals surface area contributed by atoms with Crippen molar-refractivity contribution in [2.24, 2.45) is 0 Å². The molecule has 2 rings (SSSR count). The minimum Gasteiger partial charge on any atom is -0.494 e. The molecule has 0 radical (unpaired) electrons. The Morgan fingerprint density at radius 2 is 1.96 bits per heavy atom. The quantitative estimate of drug-likeness (QED) is 0.808. The maximum absolute atomic E-state index is 12.2. The topological polar surface area (TPSA) is 67.4 Å². The van der Waals surface area contributed by atoms with Crippen LogP contribution in [0.2, 0.25) is 0 Å². The molecule has 0 saturated carbocycles. The van der Waals surface area contributed by atoms with Crippen LogP contribution in [-0.4, -0.2) is 47.7 Å². The number of carbonyl (C=O) groups excluding carboxylic acids is 1. The van der Waals surface area contributed by atoms with Crippen LogP contribution in [0.3, 0.4) is 0 Å². The van der Waals surface area contributed by atoms with E-state index in [4.69, 9.17) is 4.74 Å². The number of benzene rings is 1. The second kappa shape index (κ2) is 9.16. The standard InChI is InChI=1S/C20H26N4O2/c1-6-24(7-2)11-9-8-10-20(25)21-18-12-16-14(3)15(4)22-23-17(16)13-19(18)26-5/h12-13H,6-7,9,11H2,1-5H3,(H,21,25).